The van der Waals surface area contributed by atoms with Gasteiger partial charge in [0.05, 0.1) is 16.7 Å². The average molecular weight is 406 g/mol. The van der Waals surface area contributed by atoms with E-state index < -0.39 is 0 Å². The van der Waals surface area contributed by atoms with Gasteiger partial charge >= 0.3 is 0 Å². The lowest BCUT2D eigenvalue weighted by Crippen LogP contribution is -2.25. The number of amides is 1. The maximum atomic E-state index is 13.7. The van der Waals surface area contributed by atoms with Crippen LogP contribution in [-0.4, -0.2) is 32.2 Å². The lowest BCUT2D eigenvalue weighted by Gasteiger charge is -2.06. The Bertz CT molecular complexity index is 1130. The third-order valence-electron chi connectivity index (χ3n) is 4.84. The number of nitrogens with one attached hydrogen (secondary N) is 3. The molecule has 8 heteroatoms. The summed E-state index contributed by atoms with van der Waals surface area (Å²) in [4.78, 5) is 20.3. The highest BCUT2D eigenvalue weighted by molar-refractivity contribution is 5.92. The highest BCUT2D eigenvalue weighted by atomic mass is 19.1. The molecule has 0 aliphatic heterocycles. The fourth-order valence-electron chi connectivity index (χ4n) is 3.28. The van der Waals surface area contributed by atoms with Gasteiger partial charge in [-0.3, -0.25) is 9.48 Å². The van der Waals surface area contributed by atoms with E-state index in [9.17, 15) is 9.18 Å². The molecule has 0 saturated heterocycles. The number of halogens is 1. The maximum absolute atomic E-state index is 13.7. The molecule has 30 heavy (non-hydrogen) atoms. The monoisotopic (exact) mass is 406 g/mol. The molecule has 0 radical (unpaired) electrons. The molecule has 1 amide bonds. The minimum absolute atomic E-state index is 0.127. The Morgan fingerprint density at radius 3 is 2.77 bits per heavy atom. The van der Waals surface area contributed by atoms with Gasteiger partial charge in [0, 0.05) is 38.7 Å². The molecule has 0 aliphatic rings. The Morgan fingerprint density at radius 2 is 1.93 bits per heavy atom. The largest absolute Gasteiger partial charge is 0.347 e. The molecule has 0 fully saturated rings. The summed E-state index contributed by atoms with van der Waals surface area (Å²) in [7, 11) is 1.72. The zero-order valence-electron chi connectivity index (χ0n) is 16.7. The molecule has 2 aromatic heterocycles. The lowest BCUT2D eigenvalue weighted by atomic mass is 10.2. The van der Waals surface area contributed by atoms with E-state index in [0.717, 1.165) is 35.5 Å². The highest BCUT2D eigenvalue weighted by Crippen LogP contribution is 2.11. The number of para-hydroxylation sites is 2. The summed E-state index contributed by atoms with van der Waals surface area (Å²) in [6, 6.07) is 16.1. The van der Waals surface area contributed by atoms with E-state index in [1.54, 1.807) is 31.3 Å². The summed E-state index contributed by atoms with van der Waals surface area (Å²) in [5.74, 6) is 0.303. The Hall–Kier alpha value is -3.52. The molecular formula is C22H23FN6O. The van der Waals surface area contributed by atoms with E-state index in [4.69, 9.17) is 0 Å². The fraction of sp³-hybridized carbons (Fsp3) is 0.227. The normalized spacial score (nSPS) is 11.1. The lowest BCUT2D eigenvalue weighted by molar-refractivity contribution is 0.0941. The SMILES string of the molecule is Cn1nc(CNCCc2nc3ccccc3[nH]2)cc1C(=O)NCc1ccccc1F. The van der Waals surface area contributed by atoms with Gasteiger partial charge < -0.3 is 15.6 Å². The minimum atomic E-state index is -0.336. The van der Waals surface area contributed by atoms with Crippen molar-refractivity contribution in [3.05, 3.63) is 83.2 Å². The summed E-state index contributed by atoms with van der Waals surface area (Å²) < 4.78 is 15.2. The molecular weight excluding hydrogens is 383 g/mol. The third-order valence-corrected chi connectivity index (χ3v) is 4.84. The molecule has 4 aromatic rings. The molecule has 7 nitrogen and oxygen atoms in total. The maximum Gasteiger partial charge on any atom is 0.269 e. The van der Waals surface area contributed by atoms with Crippen LogP contribution in [0, 0.1) is 5.82 Å². The van der Waals surface area contributed by atoms with E-state index in [0.29, 0.717) is 17.8 Å². The van der Waals surface area contributed by atoms with Crippen LogP contribution in [0.3, 0.4) is 0 Å². The van der Waals surface area contributed by atoms with Gasteiger partial charge in [-0.1, -0.05) is 30.3 Å². The molecule has 0 aliphatic carbocycles. The van der Waals surface area contributed by atoms with Crippen LogP contribution in [0.4, 0.5) is 4.39 Å². The number of aromatic amines is 1. The van der Waals surface area contributed by atoms with E-state index >= 15 is 0 Å². The van der Waals surface area contributed by atoms with Crippen molar-refractivity contribution in [1.82, 2.24) is 30.4 Å². The zero-order chi connectivity index (χ0) is 20.9. The van der Waals surface area contributed by atoms with Crippen LogP contribution in [0.25, 0.3) is 11.0 Å². The van der Waals surface area contributed by atoms with Gasteiger partial charge in [0.2, 0.25) is 0 Å². The minimum Gasteiger partial charge on any atom is -0.347 e. The molecule has 0 spiro atoms. The van der Waals surface area contributed by atoms with E-state index in [2.05, 4.69) is 25.7 Å². The van der Waals surface area contributed by atoms with Crippen molar-refractivity contribution in [2.24, 2.45) is 7.05 Å². The van der Waals surface area contributed by atoms with Gasteiger partial charge in [0.15, 0.2) is 0 Å². The number of nitrogens with zero attached hydrogens (tertiary/aromatic N) is 3. The van der Waals surface area contributed by atoms with Crippen molar-refractivity contribution >= 4 is 16.9 Å². The molecule has 2 aromatic carbocycles. The van der Waals surface area contributed by atoms with Crippen molar-refractivity contribution < 1.29 is 9.18 Å². The predicted octanol–water partition coefficient (Wildman–Crippen LogP) is 2.70. The van der Waals surface area contributed by atoms with Crippen LogP contribution in [0.5, 0.6) is 0 Å². The molecule has 2 heterocycles. The third kappa shape index (κ3) is 4.55. The second-order valence-corrected chi connectivity index (χ2v) is 7.05. The van der Waals surface area contributed by atoms with Crippen molar-refractivity contribution in [3.63, 3.8) is 0 Å². The number of H-pyrrole nitrogens is 1. The summed E-state index contributed by atoms with van der Waals surface area (Å²) in [6.07, 6.45) is 0.761. The Morgan fingerprint density at radius 1 is 1.13 bits per heavy atom. The van der Waals surface area contributed by atoms with E-state index in [1.807, 2.05) is 24.3 Å². The van der Waals surface area contributed by atoms with Crippen molar-refractivity contribution in [3.8, 4) is 0 Å². The Kier molecular flexibility index (Phi) is 5.85. The number of benzene rings is 2. The molecule has 0 unspecified atom stereocenters. The summed E-state index contributed by atoms with van der Waals surface area (Å²) in [6.45, 7) is 1.39. The number of aromatic nitrogens is 4. The number of carbonyl (C=O) groups is 1. The van der Waals surface area contributed by atoms with Crippen LogP contribution in [0.1, 0.15) is 27.6 Å². The van der Waals surface area contributed by atoms with Gasteiger partial charge in [0.1, 0.15) is 17.3 Å². The van der Waals surface area contributed by atoms with Crippen LogP contribution in [-0.2, 0) is 26.6 Å². The van der Waals surface area contributed by atoms with Gasteiger partial charge in [-0.05, 0) is 24.3 Å². The average Bonchev–Trinajstić information content (AvgIpc) is 3.33. The number of imidazole rings is 1. The molecule has 0 bridgehead atoms. The van der Waals surface area contributed by atoms with Crippen LogP contribution < -0.4 is 10.6 Å². The predicted molar refractivity (Wildman–Crippen MR) is 112 cm³/mol. The van der Waals surface area contributed by atoms with E-state index in [1.165, 1.54) is 10.7 Å². The Balaban J connectivity index is 1.28. The summed E-state index contributed by atoms with van der Waals surface area (Å²) in [5, 5.41) is 10.4. The molecule has 0 atom stereocenters. The highest BCUT2D eigenvalue weighted by Gasteiger charge is 2.13. The summed E-state index contributed by atoms with van der Waals surface area (Å²) >= 11 is 0. The number of aryl methyl sites for hydroxylation is 1. The van der Waals surface area contributed by atoms with Gasteiger partial charge in [-0.25, -0.2) is 9.37 Å². The van der Waals surface area contributed by atoms with Gasteiger partial charge in [0.25, 0.3) is 5.91 Å². The van der Waals surface area contributed by atoms with Gasteiger partial charge in [-0.15, -0.1) is 0 Å². The second-order valence-electron chi connectivity index (χ2n) is 7.05. The van der Waals surface area contributed by atoms with Crippen molar-refractivity contribution in [2.45, 2.75) is 19.5 Å². The molecule has 0 saturated carbocycles. The first kappa shape index (κ1) is 19.8. The van der Waals surface area contributed by atoms with Crippen molar-refractivity contribution in [2.75, 3.05) is 6.54 Å². The molecule has 154 valence electrons. The first-order valence-electron chi connectivity index (χ1n) is 9.79. The first-order valence-corrected chi connectivity index (χ1v) is 9.79. The Labute approximate surface area is 173 Å². The van der Waals surface area contributed by atoms with Crippen LogP contribution >= 0.6 is 0 Å². The van der Waals surface area contributed by atoms with Crippen molar-refractivity contribution in [1.29, 1.82) is 0 Å². The van der Waals surface area contributed by atoms with Crippen LogP contribution in [0.15, 0.2) is 54.6 Å². The number of hydrogen-bond acceptors (Lipinski definition) is 4. The summed E-state index contributed by atoms with van der Waals surface area (Å²) in [5.41, 5.74) is 3.63. The van der Waals surface area contributed by atoms with E-state index in [-0.39, 0.29) is 18.3 Å². The number of carbonyl (C=O) groups excluding carboxylic acids is 1. The molecule has 3 N–H and O–H groups in total. The smallest absolute Gasteiger partial charge is 0.269 e. The number of rotatable bonds is 8. The quantitative estimate of drug-likeness (QED) is 0.393. The van der Waals surface area contributed by atoms with Gasteiger partial charge in [-0.2, -0.15) is 5.10 Å². The first-order chi connectivity index (χ1) is 14.6. The standard InChI is InChI=1S/C22H23FN6O/c1-29-20(22(30)25-13-15-6-2-3-7-17(15)23)12-16(28-29)14-24-11-10-21-26-18-8-4-5-9-19(18)27-21/h2-9,12,24H,10-11,13-14H2,1H3,(H,25,30)(H,26,27). The zero-order valence-corrected chi connectivity index (χ0v) is 16.7. The number of hydrogen-bond donors (Lipinski definition) is 3. The second kappa shape index (κ2) is 8.87. The topological polar surface area (TPSA) is 87.6 Å². The fourth-order valence-corrected chi connectivity index (χ4v) is 3.28. The number of fused-ring (bicyclic) bond motifs is 1. The van der Waals surface area contributed by atoms with Crippen LogP contribution in [0.2, 0.25) is 0 Å². The molecule has 4 rings (SSSR count).